The van der Waals surface area contributed by atoms with E-state index >= 15 is 0 Å². The van der Waals surface area contributed by atoms with Gasteiger partial charge in [-0.1, -0.05) is 12.1 Å². The van der Waals surface area contributed by atoms with Crippen molar-refractivity contribution >= 4 is 34.1 Å². The molecule has 1 aromatic carbocycles. The van der Waals surface area contributed by atoms with Gasteiger partial charge in [0.2, 0.25) is 0 Å². The van der Waals surface area contributed by atoms with Crippen molar-refractivity contribution in [3.63, 3.8) is 0 Å². The first-order chi connectivity index (χ1) is 8.06. The van der Waals surface area contributed by atoms with Crippen molar-refractivity contribution in [2.24, 2.45) is 10.8 Å². The summed E-state index contributed by atoms with van der Waals surface area (Å²) in [4.78, 5) is 22.0. The van der Waals surface area contributed by atoms with E-state index in [-0.39, 0.29) is 0 Å². The Morgan fingerprint density at radius 1 is 1.53 bits per heavy atom. The van der Waals surface area contributed by atoms with Gasteiger partial charge in [-0.15, -0.1) is 0 Å². The number of hydrazone groups is 1. The van der Waals surface area contributed by atoms with E-state index < -0.39 is 12.0 Å². The lowest BCUT2D eigenvalue weighted by Gasteiger charge is -2.05. The van der Waals surface area contributed by atoms with Crippen LogP contribution in [0.25, 0.3) is 0 Å². The predicted molar refractivity (Wildman–Crippen MR) is 65.8 cm³/mol. The zero-order valence-electron chi connectivity index (χ0n) is 8.94. The minimum atomic E-state index is -0.782. The molecule has 0 aromatic heterocycles. The van der Waals surface area contributed by atoms with Gasteiger partial charge in [-0.25, -0.2) is 15.0 Å². The summed E-state index contributed by atoms with van der Waals surface area (Å²) in [7, 11) is 1.28. The number of esters is 1. The molecule has 7 heteroatoms. The highest BCUT2D eigenvalue weighted by Crippen LogP contribution is 2.20. The third kappa shape index (κ3) is 3.56. The van der Waals surface area contributed by atoms with Crippen molar-refractivity contribution in [1.29, 1.82) is 0 Å². The monoisotopic (exact) mass is 299 g/mol. The minimum absolute atomic E-state index is 0.324. The number of benzene rings is 1. The van der Waals surface area contributed by atoms with Crippen LogP contribution in [0, 0.1) is 0 Å². The molecule has 0 bridgehead atoms. The molecule has 6 nitrogen and oxygen atoms in total. The highest BCUT2D eigenvalue weighted by atomic mass is 79.9. The third-order valence-corrected chi connectivity index (χ3v) is 2.47. The van der Waals surface area contributed by atoms with E-state index in [9.17, 15) is 9.59 Å². The lowest BCUT2D eigenvalue weighted by molar-refractivity contribution is 0.0599. The summed E-state index contributed by atoms with van der Waals surface area (Å²) in [6.07, 6.45) is 1.31. The van der Waals surface area contributed by atoms with Crippen molar-refractivity contribution in [1.82, 2.24) is 5.43 Å². The van der Waals surface area contributed by atoms with E-state index in [1.54, 1.807) is 18.2 Å². The number of carbonyl (C=O) groups excluding carboxylic acids is 2. The number of hydrogen-bond acceptors (Lipinski definition) is 4. The fourth-order valence-corrected chi connectivity index (χ4v) is 1.67. The van der Waals surface area contributed by atoms with Crippen LogP contribution in [0.1, 0.15) is 15.9 Å². The number of primary amides is 1. The van der Waals surface area contributed by atoms with Gasteiger partial charge in [0.1, 0.15) is 0 Å². The Bertz CT molecular complexity index is 474. The second kappa shape index (κ2) is 6.00. The highest BCUT2D eigenvalue weighted by molar-refractivity contribution is 9.10. The average molecular weight is 300 g/mol. The summed E-state index contributed by atoms with van der Waals surface area (Å²) in [5.41, 5.74) is 7.71. The standard InChI is InChI=1S/C10H10BrN3O3/c1-17-9(15)8-6(3-2-4-7(8)11)5-13-14-10(12)16/h2-5H,1H3,(H3,12,14,16). The van der Waals surface area contributed by atoms with Crippen LogP contribution in [-0.2, 0) is 4.74 Å². The quantitative estimate of drug-likeness (QED) is 0.499. The van der Waals surface area contributed by atoms with Crippen molar-refractivity contribution in [2.45, 2.75) is 0 Å². The topological polar surface area (TPSA) is 93.8 Å². The molecule has 0 atom stereocenters. The number of hydrogen-bond donors (Lipinski definition) is 2. The van der Waals surface area contributed by atoms with Crippen LogP contribution in [0.15, 0.2) is 27.8 Å². The predicted octanol–water partition coefficient (Wildman–Crippen LogP) is 1.24. The summed E-state index contributed by atoms with van der Waals surface area (Å²) >= 11 is 3.23. The van der Waals surface area contributed by atoms with Gasteiger partial charge in [-0.2, -0.15) is 5.10 Å². The average Bonchev–Trinajstić information content (AvgIpc) is 2.28. The summed E-state index contributed by atoms with van der Waals surface area (Å²) in [5.74, 6) is -0.502. The molecule has 1 rings (SSSR count). The highest BCUT2D eigenvalue weighted by Gasteiger charge is 2.14. The maximum atomic E-state index is 11.5. The van der Waals surface area contributed by atoms with Crippen LogP contribution in [0.3, 0.4) is 0 Å². The maximum Gasteiger partial charge on any atom is 0.339 e. The number of amides is 2. The van der Waals surface area contributed by atoms with Gasteiger partial charge in [0, 0.05) is 10.0 Å². The molecule has 0 unspecified atom stereocenters. The number of nitrogens with one attached hydrogen (secondary N) is 1. The van der Waals surface area contributed by atoms with Crippen molar-refractivity contribution in [3.8, 4) is 0 Å². The molecule has 0 saturated heterocycles. The summed E-state index contributed by atoms with van der Waals surface area (Å²) in [6.45, 7) is 0. The maximum absolute atomic E-state index is 11.5. The zero-order chi connectivity index (χ0) is 12.8. The van der Waals surface area contributed by atoms with Gasteiger partial charge in [-0.05, 0) is 22.0 Å². The zero-order valence-corrected chi connectivity index (χ0v) is 10.5. The fraction of sp³-hybridized carbons (Fsp3) is 0.100. The van der Waals surface area contributed by atoms with E-state index in [0.717, 1.165) is 0 Å². The first-order valence-corrected chi connectivity index (χ1v) is 5.31. The second-order valence-corrected chi connectivity index (χ2v) is 3.78. The third-order valence-electron chi connectivity index (χ3n) is 1.81. The number of nitrogens with two attached hydrogens (primary N) is 1. The molecule has 0 saturated carbocycles. The number of urea groups is 1. The van der Waals surface area contributed by atoms with E-state index in [1.807, 2.05) is 5.43 Å². The summed E-state index contributed by atoms with van der Waals surface area (Å²) < 4.78 is 5.22. The molecular weight excluding hydrogens is 290 g/mol. The van der Waals surface area contributed by atoms with Gasteiger partial charge in [0.05, 0.1) is 18.9 Å². The molecule has 0 aliphatic rings. The molecule has 0 aliphatic heterocycles. The number of halogens is 1. The second-order valence-electron chi connectivity index (χ2n) is 2.93. The van der Waals surface area contributed by atoms with Crippen molar-refractivity contribution in [3.05, 3.63) is 33.8 Å². The largest absolute Gasteiger partial charge is 0.465 e. The number of ether oxygens (including phenoxy) is 1. The van der Waals surface area contributed by atoms with E-state index in [1.165, 1.54) is 13.3 Å². The first kappa shape index (κ1) is 13.2. The Balaban J connectivity index is 3.06. The number of nitrogens with zero attached hydrogens (tertiary/aromatic N) is 1. The molecule has 1 aromatic rings. The van der Waals surface area contributed by atoms with Crippen LogP contribution >= 0.6 is 15.9 Å². The number of carbonyl (C=O) groups is 2. The number of rotatable bonds is 3. The first-order valence-electron chi connectivity index (χ1n) is 4.51. The Morgan fingerprint density at radius 2 is 2.24 bits per heavy atom. The smallest absolute Gasteiger partial charge is 0.339 e. The van der Waals surface area contributed by atoms with Crippen LogP contribution in [-0.4, -0.2) is 25.3 Å². The van der Waals surface area contributed by atoms with E-state index in [2.05, 4.69) is 25.8 Å². The molecule has 90 valence electrons. The molecule has 3 N–H and O–H groups in total. The lowest BCUT2D eigenvalue weighted by atomic mass is 10.1. The van der Waals surface area contributed by atoms with Gasteiger partial charge in [0.15, 0.2) is 0 Å². The Labute approximate surface area is 106 Å². The SMILES string of the molecule is COC(=O)c1c(Br)cccc1C=NNC(N)=O. The summed E-state index contributed by atoms with van der Waals surface area (Å²) in [6, 6.07) is 4.30. The van der Waals surface area contributed by atoms with Gasteiger partial charge < -0.3 is 10.5 Å². The van der Waals surface area contributed by atoms with Crippen molar-refractivity contribution in [2.75, 3.05) is 7.11 Å². The molecule has 2 amide bonds. The minimum Gasteiger partial charge on any atom is -0.465 e. The molecular formula is C10H10BrN3O3. The summed E-state index contributed by atoms with van der Waals surface area (Å²) in [5, 5.41) is 3.58. The van der Waals surface area contributed by atoms with Crippen LogP contribution in [0.2, 0.25) is 0 Å². The van der Waals surface area contributed by atoms with E-state index in [0.29, 0.717) is 15.6 Å². The van der Waals surface area contributed by atoms with Gasteiger partial charge in [0.25, 0.3) is 0 Å². The fourth-order valence-electron chi connectivity index (χ4n) is 1.13. The van der Waals surface area contributed by atoms with Crippen LogP contribution < -0.4 is 11.2 Å². The van der Waals surface area contributed by atoms with E-state index in [4.69, 9.17) is 5.73 Å². The van der Waals surface area contributed by atoms with Crippen LogP contribution in [0.4, 0.5) is 4.79 Å². The molecule has 17 heavy (non-hydrogen) atoms. The molecule has 0 radical (unpaired) electrons. The molecule has 0 fully saturated rings. The van der Waals surface area contributed by atoms with Gasteiger partial charge >= 0.3 is 12.0 Å². The van der Waals surface area contributed by atoms with Crippen molar-refractivity contribution < 1.29 is 14.3 Å². The lowest BCUT2D eigenvalue weighted by Crippen LogP contribution is -2.24. The molecule has 0 spiro atoms. The van der Waals surface area contributed by atoms with Crippen LogP contribution in [0.5, 0.6) is 0 Å². The Morgan fingerprint density at radius 3 is 2.82 bits per heavy atom. The Kier molecular flexibility index (Phi) is 4.65. The number of methoxy groups -OCH3 is 1. The molecule has 0 aliphatic carbocycles. The Hall–Kier alpha value is -1.89. The normalized spacial score (nSPS) is 10.2. The molecule has 0 heterocycles. The van der Waals surface area contributed by atoms with Gasteiger partial charge in [-0.3, -0.25) is 0 Å².